The summed E-state index contributed by atoms with van der Waals surface area (Å²) < 4.78 is 29.5. The Kier molecular flexibility index (Phi) is 5.74. The van der Waals surface area contributed by atoms with Crippen LogP contribution in [0.3, 0.4) is 0 Å². The summed E-state index contributed by atoms with van der Waals surface area (Å²) >= 11 is 0. The molecule has 3 aromatic rings. The topological polar surface area (TPSA) is 75.0 Å². The minimum atomic E-state index is -3.47. The standard InChI is InChI=1S/C25H30N4O3S/c1-18-5-7-22(8-6-18)33(31,32)28-14-9-20(10-15-28)21-11-16-29-23(17-21)24(19(2)26-29)25(30)27-12-3-4-13-27/h5-8,11,16-17,20H,3-4,9-10,12-15H2,1-2H3. The van der Waals surface area contributed by atoms with Crippen molar-refractivity contribution in [1.82, 2.24) is 18.8 Å². The Morgan fingerprint density at radius 3 is 2.30 bits per heavy atom. The van der Waals surface area contributed by atoms with E-state index >= 15 is 0 Å². The van der Waals surface area contributed by atoms with Crippen molar-refractivity contribution in [3.05, 3.63) is 65.0 Å². The van der Waals surface area contributed by atoms with Crippen molar-refractivity contribution < 1.29 is 13.2 Å². The van der Waals surface area contributed by atoms with Crippen molar-refractivity contribution in [2.45, 2.75) is 50.3 Å². The van der Waals surface area contributed by atoms with E-state index in [0.29, 0.717) is 23.5 Å². The van der Waals surface area contributed by atoms with Crippen LogP contribution in [0.1, 0.15) is 58.8 Å². The van der Waals surface area contributed by atoms with Gasteiger partial charge in [0, 0.05) is 32.4 Å². The molecule has 2 fully saturated rings. The van der Waals surface area contributed by atoms with Gasteiger partial charge in [0.25, 0.3) is 5.91 Å². The maximum atomic E-state index is 13.1. The molecule has 33 heavy (non-hydrogen) atoms. The Balaban J connectivity index is 1.36. The molecule has 2 aromatic heterocycles. The summed E-state index contributed by atoms with van der Waals surface area (Å²) in [6, 6.07) is 11.2. The molecule has 0 N–H and O–H groups in total. The lowest BCUT2D eigenvalue weighted by atomic mass is 9.90. The van der Waals surface area contributed by atoms with Crippen LogP contribution in [0.4, 0.5) is 0 Å². The van der Waals surface area contributed by atoms with E-state index < -0.39 is 10.0 Å². The normalized spacial score (nSPS) is 18.3. The molecule has 1 amide bonds. The number of aryl methyl sites for hydroxylation is 2. The van der Waals surface area contributed by atoms with Gasteiger partial charge < -0.3 is 4.90 Å². The number of amides is 1. The molecule has 2 aliphatic rings. The predicted octanol–water partition coefficient (Wildman–Crippen LogP) is 3.76. The summed E-state index contributed by atoms with van der Waals surface area (Å²) in [5, 5.41) is 4.56. The van der Waals surface area contributed by atoms with Gasteiger partial charge in [-0.05, 0) is 75.3 Å². The van der Waals surface area contributed by atoms with Crippen LogP contribution in [0, 0.1) is 13.8 Å². The SMILES string of the molecule is Cc1ccc(S(=O)(=O)N2CCC(c3ccn4nc(C)c(C(=O)N5CCCC5)c4c3)CC2)cc1. The number of carbonyl (C=O) groups is 1. The molecule has 7 nitrogen and oxygen atoms in total. The third kappa shape index (κ3) is 4.06. The van der Waals surface area contributed by atoms with Gasteiger partial charge in [-0.25, -0.2) is 12.9 Å². The fourth-order valence-corrected chi connectivity index (χ4v) is 6.54. The predicted molar refractivity (Wildman–Crippen MR) is 127 cm³/mol. The van der Waals surface area contributed by atoms with Crippen LogP contribution in [0.15, 0.2) is 47.5 Å². The van der Waals surface area contributed by atoms with E-state index in [1.165, 1.54) is 0 Å². The average Bonchev–Trinajstić information content (AvgIpc) is 3.46. The van der Waals surface area contributed by atoms with Gasteiger partial charge >= 0.3 is 0 Å². The van der Waals surface area contributed by atoms with E-state index in [-0.39, 0.29) is 11.8 Å². The molecule has 0 bridgehead atoms. The second-order valence-corrected chi connectivity index (χ2v) is 11.2. The summed E-state index contributed by atoms with van der Waals surface area (Å²) in [6.45, 7) is 6.44. The molecule has 174 valence electrons. The molecule has 8 heteroatoms. The third-order valence-corrected chi connectivity index (χ3v) is 8.94. The van der Waals surface area contributed by atoms with Crippen LogP contribution in [0.5, 0.6) is 0 Å². The smallest absolute Gasteiger partial charge is 0.257 e. The Morgan fingerprint density at radius 2 is 1.64 bits per heavy atom. The second kappa shape index (κ2) is 8.57. The number of piperidine rings is 1. The highest BCUT2D eigenvalue weighted by Gasteiger charge is 2.31. The largest absolute Gasteiger partial charge is 0.339 e. The maximum Gasteiger partial charge on any atom is 0.257 e. The van der Waals surface area contributed by atoms with Gasteiger partial charge in [0.1, 0.15) is 0 Å². The molecule has 5 rings (SSSR count). The quantitative estimate of drug-likeness (QED) is 0.587. The lowest BCUT2D eigenvalue weighted by molar-refractivity contribution is 0.0794. The van der Waals surface area contributed by atoms with Gasteiger partial charge in [-0.3, -0.25) is 4.79 Å². The Hall–Kier alpha value is -2.71. The number of sulfonamides is 1. The zero-order valence-electron chi connectivity index (χ0n) is 19.2. The number of hydrogen-bond donors (Lipinski definition) is 0. The van der Waals surface area contributed by atoms with E-state index in [4.69, 9.17) is 0 Å². The molecule has 0 aliphatic carbocycles. The molecule has 0 saturated carbocycles. The van der Waals surface area contributed by atoms with Crippen molar-refractivity contribution in [3.63, 3.8) is 0 Å². The first-order valence-corrected chi connectivity index (χ1v) is 13.1. The molecular formula is C25H30N4O3S. The minimum Gasteiger partial charge on any atom is -0.339 e. The number of rotatable bonds is 4. The second-order valence-electron chi connectivity index (χ2n) is 9.24. The summed E-state index contributed by atoms with van der Waals surface area (Å²) in [6.07, 6.45) is 5.54. The van der Waals surface area contributed by atoms with Gasteiger partial charge in [-0.1, -0.05) is 17.7 Å². The molecule has 2 saturated heterocycles. The summed E-state index contributed by atoms with van der Waals surface area (Å²) in [4.78, 5) is 15.4. The van der Waals surface area contributed by atoms with Gasteiger partial charge in [-0.15, -0.1) is 0 Å². The summed E-state index contributed by atoms with van der Waals surface area (Å²) in [5.41, 5.74) is 4.48. The fourth-order valence-electron chi connectivity index (χ4n) is 5.07. The highest BCUT2D eigenvalue weighted by molar-refractivity contribution is 7.89. The Morgan fingerprint density at radius 1 is 0.970 bits per heavy atom. The first-order valence-electron chi connectivity index (χ1n) is 11.7. The number of fused-ring (bicyclic) bond motifs is 1. The van der Waals surface area contributed by atoms with Crippen molar-refractivity contribution in [1.29, 1.82) is 0 Å². The van der Waals surface area contributed by atoms with E-state index in [2.05, 4.69) is 17.2 Å². The van der Waals surface area contributed by atoms with Crippen LogP contribution in [0.25, 0.3) is 5.52 Å². The Bertz CT molecular complexity index is 1280. The van der Waals surface area contributed by atoms with E-state index in [9.17, 15) is 13.2 Å². The van der Waals surface area contributed by atoms with Crippen LogP contribution >= 0.6 is 0 Å². The molecule has 2 aliphatic heterocycles. The summed E-state index contributed by atoms with van der Waals surface area (Å²) in [7, 11) is -3.47. The first kappa shape index (κ1) is 22.1. The molecule has 1 aromatic carbocycles. The van der Waals surface area contributed by atoms with Crippen molar-refractivity contribution in [2.75, 3.05) is 26.2 Å². The van der Waals surface area contributed by atoms with Gasteiger partial charge in [0.15, 0.2) is 0 Å². The minimum absolute atomic E-state index is 0.0659. The average molecular weight is 467 g/mol. The lowest BCUT2D eigenvalue weighted by Crippen LogP contribution is -2.37. The third-order valence-electron chi connectivity index (χ3n) is 7.03. The molecule has 4 heterocycles. The number of nitrogens with zero attached hydrogens (tertiary/aromatic N) is 4. The van der Waals surface area contributed by atoms with Crippen molar-refractivity contribution in [2.24, 2.45) is 0 Å². The van der Waals surface area contributed by atoms with Crippen LogP contribution in [-0.4, -0.2) is 59.3 Å². The van der Waals surface area contributed by atoms with Crippen LogP contribution in [-0.2, 0) is 10.0 Å². The highest BCUT2D eigenvalue weighted by atomic mass is 32.2. The highest BCUT2D eigenvalue weighted by Crippen LogP contribution is 2.32. The zero-order chi connectivity index (χ0) is 23.2. The number of benzene rings is 1. The molecule has 0 unspecified atom stereocenters. The molecule has 0 radical (unpaired) electrons. The van der Waals surface area contributed by atoms with Gasteiger partial charge in [0.05, 0.1) is 21.7 Å². The number of carbonyl (C=O) groups excluding carboxylic acids is 1. The molecule has 0 atom stereocenters. The summed E-state index contributed by atoms with van der Waals surface area (Å²) in [5.74, 6) is 0.320. The molecule has 0 spiro atoms. The monoisotopic (exact) mass is 466 g/mol. The van der Waals surface area contributed by atoms with E-state index in [0.717, 1.165) is 61.1 Å². The molecular weight excluding hydrogens is 436 g/mol. The van der Waals surface area contributed by atoms with Crippen LogP contribution < -0.4 is 0 Å². The lowest BCUT2D eigenvalue weighted by Gasteiger charge is -2.31. The number of likely N-dealkylation sites (tertiary alicyclic amines) is 1. The maximum absolute atomic E-state index is 13.1. The van der Waals surface area contributed by atoms with Crippen molar-refractivity contribution in [3.8, 4) is 0 Å². The first-order chi connectivity index (χ1) is 15.8. The Labute approximate surface area is 195 Å². The van der Waals surface area contributed by atoms with Crippen LogP contribution in [0.2, 0.25) is 0 Å². The van der Waals surface area contributed by atoms with Crippen molar-refractivity contribution >= 4 is 21.4 Å². The number of aromatic nitrogens is 2. The fraction of sp³-hybridized carbons (Fsp3) is 0.440. The number of pyridine rings is 1. The van der Waals surface area contributed by atoms with Gasteiger partial charge in [0.2, 0.25) is 10.0 Å². The number of hydrogen-bond acceptors (Lipinski definition) is 4. The zero-order valence-corrected chi connectivity index (χ0v) is 20.0. The van der Waals surface area contributed by atoms with E-state index in [1.54, 1.807) is 21.0 Å². The van der Waals surface area contributed by atoms with Gasteiger partial charge in [-0.2, -0.15) is 9.40 Å². The van der Waals surface area contributed by atoms with E-state index in [1.807, 2.05) is 37.1 Å².